The summed E-state index contributed by atoms with van der Waals surface area (Å²) in [5, 5.41) is 17.5. The molecule has 1 aromatic carbocycles. The number of anilines is 1. The zero-order chi connectivity index (χ0) is 10.6. The third-order valence-corrected chi connectivity index (χ3v) is 2.28. The van der Waals surface area contributed by atoms with E-state index in [1.54, 1.807) is 0 Å². The fourth-order valence-corrected chi connectivity index (χ4v) is 1.50. The minimum atomic E-state index is -1.22. The van der Waals surface area contributed by atoms with E-state index in [1.807, 2.05) is 18.2 Å². The molecule has 4 N–H and O–H groups in total. The lowest BCUT2D eigenvalue weighted by molar-refractivity contribution is -0.0447. The van der Waals surface area contributed by atoms with E-state index in [9.17, 15) is 0 Å². The lowest BCUT2D eigenvalue weighted by Gasteiger charge is -2.09. The summed E-state index contributed by atoms with van der Waals surface area (Å²) in [5.41, 5.74) is 8.75. The Balaban J connectivity index is 2.75. The highest BCUT2D eigenvalue weighted by Crippen LogP contribution is 2.16. The van der Waals surface area contributed by atoms with Crippen molar-refractivity contribution in [3.05, 3.63) is 29.3 Å². The number of aliphatic hydroxyl groups excluding tert-OH is 1. The molecule has 0 spiro atoms. The molecule has 0 aromatic heterocycles. The van der Waals surface area contributed by atoms with Crippen molar-refractivity contribution in [2.75, 3.05) is 5.73 Å². The van der Waals surface area contributed by atoms with Crippen LogP contribution >= 0.6 is 0 Å². The predicted octanol–water partition coefficient (Wildman–Crippen LogP) is 1.07. The number of aliphatic hydroxyl groups is 2. The molecule has 0 fully saturated rings. The monoisotopic (exact) mass is 195 g/mol. The highest BCUT2D eigenvalue weighted by atomic mass is 16.5. The molecule has 0 aliphatic rings. The molecule has 0 unspecified atom stereocenters. The van der Waals surface area contributed by atoms with Crippen molar-refractivity contribution in [1.29, 1.82) is 0 Å². The molecule has 0 radical (unpaired) electrons. The number of hydrogen-bond donors (Lipinski definition) is 3. The van der Waals surface area contributed by atoms with Crippen LogP contribution in [0.5, 0.6) is 0 Å². The molecule has 3 heteroatoms. The fraction of sp³-hybridized carbons (Fsp3) is 0.455. The van der Waals surface area contributed by atoms with Gasteiger partial charge in [-0.05, 0) is 36.1 Å². The molecular formula is C11H17NO2. The smallest absolute Gasteiger partial charge is 0.151 e. The third-order valence-electron chi connectivity index (χ3n) is 2.28. The summed E-state index contributed by atoms with van der Waals surface area (Å²) in [6, 6.07) is 5.74. The zero-order valence-corrected chi connectivity index (χ0v) is 8.40. The number of hydrogen-bond acceptors (Lipinski definition) is 3. The summed E-state index contributed by atoms with van der Waals surface area (Å²) in [6.45, 7) is 2.06. The maximum Gasteiger partial charge on any atom is 0.151 e. The minimum Gasteiger partial charge on any atom is -0.399 e. The molecule has 0 saturated carbocycles. The Bertz CT molecular complexity index is 297. The molecule has 78 valence electrons. The van der Waals surface area contributed by atoms with Gasteiger partial charge in [-0.25, -0.2) is 0 Å². The van der Waals surface area contributed by atoms with E-state index in [0.717, 1.165) is 17.7 Å². The van der Waals surface area contributed by atoms with E-state index in [-0.39, 0.29) is 0 Å². The lowest BCUT2D eigenvalue weighted by Crippen LogP contribution is -2.06. The van der Waals surface area contributed by atoms with Gasteiger partial charge in [0, 0.05) is 12.1 Å². The van der Waals surface area contributed by atoms with Gasteiger partial charge in [0.1, 0.15) is 0 Å². The van der Waals surface area contributed by atoms with Gasteiger partial charge in [-0.15, -0.1) is 0 Å². The van der Waals surface area contributed by atoms with Crippen molar-refractivity contribution in [3.8, 4) is 0 Å². The summed E-state index contributed by atoms with van der Waals surface area (Å²) in [4.78, 5) is 0. The average Bonchev–Trinajstić information content (AvgIpc) is 2.15. The standard InChI is InChI=1S/C11H17NO2/c1-2-8-7-10(12)5-3-9(8)4-6-11(13)14/h3,5,7,11,13-14H,2,4,6,12H2,1H3. The second-order valence-corrected chi connectivity index (χ2v) is 3.40. The summed E-state index contributed by atoms with van der Waals surface area (Å²) in [6.07, 6.45) is 0.747. The Morgan fingerprint density at radius 1 is 1.29 bits per heavy atom. The predicted molar refractivity (Wildman–Crippen MR) is 56.8 cm³/mol. The van der Waals surface area contributed by atoms with Gasteiger partial charge in [0.2, 0.25) is 0 Å². The summed E-state index contributed by atoms with van der Waals surface area (Å²) < 4.78 is 0. The van der Waals surface area contributed by atoms with Crippen LogP contribution in [-0.4, -0.2) is 16.5 Å². The van der Waals surface area contributed by atoms with Gasteiger partial charge in [0.15, 0.2) is 6.29 Å². The van der Waals surface area contributed by atoms with Crippen LogP contribution in [-0.2, 0) is 12.8 Å². The van der Waals surface area contributed by atoms with Crippen LogP contribution in [0, 0.1) is 0 Å². The highest BCUT2D eigenvalue weighted by molar-refractivity contribution is 5.44. The Kier molecular flexibility index (Phi) is 3.92. The first-order valence-corrected chi connectivity index (χ1v) is 4.87. The van der Waals surface area contributed by atoms with Crippen LogP contribution in [0.3, 0.4) is 0 Å². The van der Waals surface area contributed by atoms with Crippen LogP contribution in [0.25, 0.3) is 0 Å². The molecule has 1 aromatic rings. The van der Waals surface area contributed by atoms with Gasteiger partial charge >= 0.3 is 0 Å². The first-order chi connectivity index (χ1) is 6.63. The topological polar surface area (TPSA) is 66.5 Å². The number of nitrogen functional groups attached to an aromatic ring is 1. The second kappa shape index (κ2) is 4.98. The van der Waals surface area contributed by atoms with E-state index < -0.39 is 6.29 Å². The van der Waals surface area contributed by atoms with E-state index in [1.165, 1.54) is 5.56 Å². The molecular weight excluding hydrogens is 178 g/mol. The van der Waals surface area contributed by atoms with Crippen molar-refractivity contribution in [1.82, 2.24) is 0 Å². The van der Waals surface area contributed by atoms with Gasteiger partial charge in [-0.2, -0.15) is 0 Å². The third kappa shape index (κ3) is 3.01. The first kappa shape index (κ1) is 11.0. The van der Waals surface area contributed by atoms with Crippen molar-refractivity contribution >= 4 is 5.69 Å². The van der Waals surface area contributed by atoms with Crippen molar-refractivity contribution < 1.29 is 10.2 Å². The molecule has 0 aliphatic carbocycles. The maximum absolute atomic E-state index is 8.76. The van der Waals surface area contributed by atoms with Crippen molar-refractivity contribution in [3.63, 3.8) is 0 Å². The van der Waals surface area contributed by atoms with Crippen LogP contribution in [0.15, 0.2) is 18.2 Å². The largest absolute Gasteiger partial charge is 0.399 e. The molecule has 0 amide bonds. The number of benzene rings is 1. The Hall–Kier alpha value is -1.06. The van der Waals surface area contributed by atoms with Gasteiger partial charge < -0.3 is 15.9 Å². The molecule has 0 atom stereocenters. The minimum absolute atomic E-state index is 0.372. The van der Waals surface area contributed by atoms with Gasteiger partial charge in [0.25, 0.3) is 0 Å². The van der Waals surface area contributed by atoms with Gasteiger partial charge in [-0.3, -0.25) is 0 Å². The maximum atomic E-state index is 8.76. The van der Waals surface area contributed by atoms with E-state index >= 15 is 0 Å². The van der Waals surface area contributed by atoms with Crippen molar-refractivity contribution in [2.45, 2.75) is 32.5 Å². The molecule has 3 nitrogen and oxygen atoms in total. The van der Waals surface area contributed by atoms with E-state index in [2.05, 4.69) is 6.92 Å². The van der Waals surface area contributed by atoms with Crippen LogP contribution < -0.4 is 5.73 Å². The molecule has 14 heavy (non-hydrogen) atoms. The second-order valence-electron chi connectivity index (χ2n) is 3.40. The molecule has 0 aliphatic heterocycles. The Morgan fingerprint density at radius 3 is 2.57 bits per heavy atom. The molecule has 0 saturated heterocycles. The first-order valence-electron chi connectivity index (χ1n) is 4.87. The van der Waals surface area contributed by atoms with E-state index in [0.29, 0.717) is 12.8 Å². The molecule has 1 rings (SSSR count). The Morgan fingerprint density at radius 2 is 2.00 bits per heavy atom. The Labute approximate surface area is 84.2 Å². The summed E-state index contributed by atoms with van der Waals surface area (Å²) in [7, 11) is 0. The van der Waals surface area contributed by atoms with Crippen LogP contribution in [0.1, 0.15) is 24.5 Å². The number of aryl methyl sites for hydroxylation is 2. The quantitative estimate of drug-likeness (QED) is 0.497. The van der Waals surface area contributed by atoms with Crippen LogP contribution in [0.2, 0.25) is 0 Å². The summed E-state index contributed by atoms with van der Waals surface area (Å²) in [5.74, 6) is 0. The van der Waals surface area contributed by atoms with E-state index in [4.69, 9.17) is 15.9 Å². The van der Waals surface area contributed by atoms with Gasteiger partial charge in [-0.1, -0.05) is 13.0 Å². The molecule has 0 bridgehead atoms. The number of rotatable bonds is 4. The fourth-order valence-electron chi connectivity index (χ4n) is 1.50. The highest BCUT2D eigenvalue weighted by Gasteiger charge is 2.04. The zero-order valence-electron chi connectivity index (χ0n) is 8.40. The van der Waals surface area contributed by atoms with Crippen molar-refractivity contribution in [2.24, 2.45) is 0 Å². The summed E-state index contributed by atoms with van der Waals surface area (Å²) >= 11 is 0. The normalized spacial score (nSPS) is 10.9. The number of nitrogens with two attached hydrogens (primary N) is 1. The van der Waals surface area contributed by atoms with Gasteiger partial charge in [0.05, 0.1) is 0 Å². The average molecular weight is 195 g/mol. The SMILES string of the molecule is CCc1cc(N)ccc1CCC(O)O. The van der Waals surface area contributed by atoms with Crippen LogP contribution in [0.4, 0.5) is 5.69 Å². The lowest BCUT2D eigenvalue weighted by atomic mass is 10.0. The molecule has 0 heterocycles.